The van der Waals surface area contributed by atoms with Crippen molar-refractivity contribution in [3.63, 3.8) is 0 Å². The van der Waals surface area contributed by atoms with Gasteiger partial charge in [0.15, 0.2) is 5.72 Å². The number of ether oxygens (including phenoxy) is 1. The Morgan fingerprint density at radius 1 is 0.973 bits per heavy atom. The van der Waals surface area contributed by atoms with Crippen molar-refractivity contribution in [2.45, 2.75) is 124 Å². The standard InChI is InChI=1S/C31H53NO4S/c1-8-36-31-19-18-29(6)26-15-16-28(5)24(22(4)11-9-10-21(2)3)12-13-25(28)23(26)14-17-30(29,20-31)27(33)32(31)37(7,34)35/h21-26H,8-20H2,1-7H3. The van der Waals surface area contributed by atoms with Crippen LogP contribution < -0.4 is 0 Å². The van der Waals surface area contributed by atoms with Crippen LogP contribution in [0.25, 0.3) is 0 Å². The second kappa shape index (κ2) is 9.21. The van der Waals surface area contributed by atoms with Crippen LogP contribution in [-0.2, 0) is 19.6 Å². The summed E-state index contributed by atoms with van der Waals surface area (Å²) < 4.78 is 33.3. The number of nitrogens with zero attached hydrogens (tertiary/aromatic N) is 1. The van der Waals surface area contributed by atoms with Gasteiger partial charge in [-0.05, 0) is 105 Å². The number of fused-ring (bicyclic) bond motifs is 5. The van der Waals surface area contributed by atoms with Crippen LogP contribution in [-0.4, -0.2) is 37.2 Å². The normalized spacial score (nSPS) is 46.1. The molecule has 212 valence electrons. The van der Waals surface area contributed by atoms with Crippen molar-refractivity contribution in [3.05, 3.63) is 0 Å². The number of rotatable bonds is 8. The van der Waals surface area contributed by atoms with E-state index in [0.717, 1.165) is 42.9 Å². The molecule has 4 aliphatic carbocycles. The smallest absolute Gasteiger partial charge is 0.245 e. The van der Waals surface area contributed by atoms with E-state index in [1.54, 1.807) is 0 Å². The van der Waals surface area contributed by atoms with Gasteiger partial charge in [0.05, 0.1) is 11.7 Å². The molecule has 1 heterocycles. The lowest BCUT2D eigenvalue weighted by atomic mass is 9.40. The summed E-state index contributed by atoms with van der Waals surface area (Å²) in [5, 5.41) is 0. The number of carbonyl (C=O) groups is 1. The maximum Gasteiger partial charge on any atom is 0.245 e. The van der Waals surface area contributed by atoms with E-state index in [2.05, 4.69) is 34.6 Å². The summed E-state index contributed by atoms with van der Waals surface area (Å²) in [7, 11) is -3.69. The van der Waals surface area contributed by atoms with Crippen LogP contribution in [0.4, 0.5) is 0 Å². The molecule has 2 bridgehead atoms. The monoisotopic (exact) mass is 535 g/mol. The fraction of sp³-hybridized carbons (Fsp3) is 0.968. The van der Waals surface area contributed by atoms with Gasteiger partial charge in [-0.3, -0.25) is 4.79 Å². The molecule has 1 aliphatic heterocycles. The van der Waals surface area contributed by atoms with Gasteiger partial charge in [0, 0.05) is 13.0 Å². The fourth-order valence-corrected chi connectivity index (χ4v) is 12.5. The average Bonchev–Trinajstić information content (AvgIpc) is 3.25. The minimum absolute atomic E-state index is 0.144. The lowest BCUT2D eigenvalue weighted by Gasteiger charge is -2.63. The molecule has 1 amide bonds. The van der Waals surface area contributed by atoms with Crippen LogP contribution in [0.3, 0.4) is 0 Å². The Hall–Kier alpha value is -0.620. The third kappa shape index (κ3) is 3.91. The summed E-state index contributed by atoms with van der Waals surface area (Å²) in [5.41, 5.74) is -1.30. The van der Waals surface area contributed by atoms with Gasteiger partial charge in [0.2, 0.25) is 15.9 Å². The predicted molar refractivity (Wildman–Crippen MR) is 148 cm³/mol. The van der Waals surface area contributed by atoms with Crippen molar-refractivity contribution < 1.29 is 17.9 Å². The van der Waals surface area contributed by atoms with Crippen molar-refractivity contribution >= 4 is 15.9 Å². The molecule has 37 heavy (non-hydrogen) atoms. The maximum atomic E-state index is 14.2. The fourth-order valence-electron chi connectivity index (χ4n) is 11.2. The Morgan fingerprint density at radius 3 is 2.35 bits per heavy atom. The Balaban J connectivity index is 1.41. The Bertz CT molecular complexity index is 1010. The van der Waals surface area contributed by atoms with E-state index in [1.807, 2.05) is 6.92 Å². The molecule has 5 rings (SSSR count). The van der Waals surface area contributed by atoms with Gasteiger partial charge in [-0.2, -0.15) is 0 Å². The van der Waals surface area contributed by atoms with E-state index in [-0.39, 0.29) is 11.3 Å². The number of sulfonamides is 1. The molecule has 0 aromatic carbocycles. The van der Waals surface area contributed by atoms with E-state index >= 15 is 0 Å². The molecule has 5 nitrogen and oxygen atoms in total. The summed E-state index contributed by atoms with van der Waals surface area (Å²) in [6.45, 7) is 14.5. The molecule has 5 aliphatic rings. The zero-order valence-electron chi connectivity index (χ0n) is 24.6. The first-order valence-corrected chi connectivity index (χ1v) is 17.3. The van der Waals surface area contributed by atoms with Crippen LogP contribution in [0.15, 0.2) is 0 Å². The number of amides is 1. The molecule has 4 saturated carbocycles. The van der Waals surface area contributed by atoms with Crippen molar-refractivity contribution in [1.29, 1.82) is 0 Å². The number of hydrogen-bond acceptors (Lipinski definition) is 4. The molecule has 1 spiro atoms. The summed E-state index contributed by atoms with van der Waals surface area (Å²) in [6.07, 6.45) is 14.4. The molecule has 0 N–H and O–H groups in total. The van der Waals surface area contributed by atoms with Gasteiger partial charge in [0.25, 0.3) is 0 Å². The Kier molecular flexibility index (Phi) is 6.95. The van der Waals surface area contributed by atoms with E-state index in [1.165, 1.54) is 55.5 Å². The Morgan fingerprint density at radius 2 is 1.70 bits per heavy atom. The SMILES string of the molecule is CCOC12CCC3(C)C4CCC5(C)C(C(C)CCCC(C)C)CCC5C4CCC3(C1)C(=O)N2S(C)(=O)=O. The molecule has 1 saturated heterocycles. The van der Waals surface area contributed by atoms with Gasteiger partial charge >= 0.3 is 0 Å². The van der Waals surface area contributed by atoms with Gasteiger partial charge in [-0.1, -0.05) is 53.9 Å². The van der Waals surface area contributed by atoms with Gasteiger partial charge < -0.3 is 4.74 Å². The highest BCUT2D eigenvalue weighted by Crippen LogP contribution is 2.75. The molecular formula is C31H53NO4S. The zero-order valence-corrected chi connectivity index (χ0v) is 25.5. The topological polar surface area (TPSA) is 63.7 Å². The number of carbonyl (C=O) groups excluding carboxylic acids is 1. The molecule has 9 unspecified atom stereocenters. The molecule has 0 aromatic rings. The molecule has 0 aromatic heterocycles. The minimum Gasteiger partial charge on any atom is -0.355 e. The van der Waals surface area contributed by atoms with Gasteiger partial charge in [-0.25, -0.2) is 12.7 Å². The maximum absolute atomic E-state index is 14.2. The molecule has 6 heteroatoms. The lowest BCUT2D eigenvalue weighted by Crippen LogP contribution is -2.60. The predicted octanol–water partition coefficient (Wildman–Crippen LogP) is 7.01. The van der Waals surface area contributed by atoms with Crippen LogP contribution in [0.5, 0.6) is 0 Å². The highest BCUT2D eigenvalue weighted by atomic mass is 32.2. The van der Waals surface area contributed by atoms with Gasteiger partial charge in [0.1, 0.15) is 0 Å². The van der Waals surface area contributed by atoms with E-state index in [4.69, 9.17) is 4.74 Å². The molecule has 5 fully saturated rings. The first kappa shape index (κ1) is 27.9. The second-order valence-electron chi connectivity index (χ2n) is 14.8. The van der Waals surface area contributed by atoms with Crippen LogP contribution >= 0.6 is 0 Å². The second-order valence-corrected chi connectivity index (χ2v) is 16.7. The van der Waals surface area contributed by atoms with Crippen LogP contribution in [0.1, 0.15) is 119 Å². The lowest BCUT2D eigenvalue weighted by molar-refractivity contribution is -0.188. The number of hydrogen-bond donors (Lipinski definition) is 0. The highest BCUT2D eigenvalue weighted by molar-refractivity contribution is 7.89. The highest BCUT2D eigenvalue weighted by Gasteiger charge is 2.76. The summed E-state index contributed by atoms with van der Waals surface area (Å²) in [5.74, 6) is 4.17. The van der Waals surface area contributed by atoms with E-state index in [9.17, 15) is 13.2 Å². The Labute approximate surface area is 226 Å². The van der Waals surface area contributed by atoms with Crippen molar-refractivity contribution in [2.24, 2.45) is 51.8 Å². The first-order valence-electron chi connectivity index (χ1n) is 15.4. The van der Waals surface area contributed by atoms with Crippen molar-refractivity contribution in [1.82, 2.24) is 4.31 Å². The molecule has 0 radical (unpaired) electrons. The quantitative estimate of drug-likeness (QED) is 0.335. The van der Waals surface area contributed by atoms with E-state index < -0.39 is 21.2 Å². The molecule has 9 atom stereocenters. The zero-order chi connectivity index (χ0) is 27.0. The largest absolute Gasteiger partial charge is 0.355 e. The average molecular weight is 536 g/mol. The minimum atomic E-state index is -3.69. The van der Waals surface area contributed by atoms with Gasteiger partial charge in [-0.15, -0.1) is 0 Å². The van der Waals surface area contributed by atoms with Crippen molar-refractivity contribution in [3.8, 4) is 0 Å². The third-order valence-corrected chi connectivity index (χ3v) is 13.9. The summed E-state index contributed by atoms with van der Waals surface area (Å²) in [6, 6.07) is 0. The third-order valence-electron chi connectivity index (χ3n) is 12.8. The first-order chi connectivity index (χ1) is 17.3. The van der Waals surface area contributed by atoms with Crippen LogP contribution in [0.2, 0.25) is 0 Å². The van der Waals surface area contributed by atoms with E-state index in [0.29, 0.717) is 36.7 Å². The summed E-state index contributed by atoms with van der Waals surface area (Å²) in [4.78, 5) is 14.2. The van der Waals surface area contributed by atoms with Crippen LogP contribution in [0, 0.1) is 51.8 Å². The summed E-state index contributed by atoms with van der Waals surface area (Å²) >= 11 is 0. The van der Waals surface area contributed by atoms with Crippen molar-refractivity contribution in [2.75, 3.05) is 12.9 Å². The molecular weight excluding hydrogens is 482 g/mol.